The number of hydrogen-bond acceptors (Lipinski definition) is 4. The Morgan fingerprint density at radius 2 is 2.07 bits per heavy atom. The second-order valence-corrected chi connectivity index (χ2v) is 7.48. The summed E-state index contributed by atoms with van der Waals surface area (Å²) in [6.07, 6.45) is 5.00. The van der Waals surface area contributed by atoms with Gasteiger partial charge in [-0.15, -0.1) is 0 Å². The van der Waals surface area contributed by atoms with Crippen molar-refractivity contribution in [2.75, 3.05) is 40.3 Å². The smallest absolute Gasteiger partial charge is 0.257 e. The Morgan fingerprint density at radius 1 is 1.30 bits per heavy atom. The van der Waals surface area contributed by atoms with Crippen molar-refractivity contribution in [1.82, 2.24) is 9.80 Å². The molecule has 0 saturated carbocycles. The van der Waals surface area contributed by atoms with Crippen molar-refractivity contribution in [2.24, 2.45) is 5.92 Å². The molecule has 146 valence electrons. The van der Waals surface area contributed by atoms with E-state index in [0.717, 1.165) is 38.3 Å². The van der Waals surface area contributed by atoms with Gasteiger partial charge in [0.25, 0.3) is 5.91 Å². The Kier molecular flexibility index (Phi) is 6.56. The molecule has 3 rings (SSSR count). The van der Waals surface area contributed by atoms with E-state index >= 15 is 0 Å². The topological polar surface area (TPSA) is 45.9 Å². The van der Waals surface area contributed by atoms with Crippen LogP contribution >= 0.6 is 0 Å². The number of carbonyl (C=O) groups is 1. The van der Waals surface area contributed by atoms with Crippen molar-refractivity contribution in [3.8, 4) is 5.75 Å². The van der Waals surface area contributed by atoms with Crippen molar-refractivity contribution in [3.05, 3.63) is 53.5 Å². The molecule has 1 aliphatic heterocycles. The fourth-order valence-electron chi connectivity index (χ4n) is 3.87. The van der Waals surface area contributed by atoms with Crippen LogP contribution in [0.5, 0.6) is 5.75 Å². The summed E-state index contributed by atoms with van der Waals surface area (Å²) in [5, 5.41) is 0. The van der Waals surface area contributed by atoms with Crippen LogP contribution in [0.4, 0.5) is 0 Å². The van der Waals surface area contributed by atoms with Crippen LogP contribution in [-0.4, -0.2) is 56.0 Å². The van der Waals surface area contributed by atoms with Gasteiger partial charge in [0, 0.05) is 26.7 Å². The molecule has 1 saturated heterocycles. The van der Waals surface area contributed by atoms with Crippen LogP contribution in [0.15, 0.2) is 41.0 Å². The van der Waals surface area contributed by atoms with E-state index in [9.17, 15) is 4.79 Å². The maximum Gasteiger partial charge on any atom is 0.257 e. The average molecular weight is 370 g/mol. The first-order valence-electron chi connectivity index (χ1n) is 9.71. The van der Waals surface area contributed by atoms with Crippen molar-refractivity contribution >= 4 is 5.91 Å². The monoisotopic (exact) mass is 370 g/mol. The maximum atomic E-state index is 12.6. The zero-order valence-corrected chi connectivity index (χ0v) is 16.6. The van der Waals surface area contributed by atoms with Crippen LogP contribution in [0.2, 0.25) is 0 Å². The lowest BCUT2D eigenvalue weighted by atomic mass is 9.96. The van der Waals surface area contributed by atoms with Crippen molar-refractivity contribution < 1.29 is 13.9 Å². The number of benzene rings is 1. The first-order chi connectivity index (χ1) is 13.1. The van der Waals surface area contributed by atoms with Gasteiger partial charge in [-0.2, -0.15) is 0 Å². The van der Waals surface area contributed by atoms with E-state index in [1.165, 1.54) is 18.4 Å². The summed E-state index contributed by atoms with van der Waals surface area (Å²) in [5.74, 6) is 2.17. The molecule has 1 aromatic heterocycles. The molecular formula is C22H30N2O3. The Bertz CT molecular complexity index is 738. The van der Waals surface area contributed by atoms with E-state index in [2.05, 4.69) is 17.0 Å². The predicted octanol–water partition coefficient (Wildman–Crippen LogP) is 3.62. The molecule has 0 spiro atoms. The number of amides is 1. The second-order valence-electron chi connectivity index (χ2n) is 7.48. The number of hydrogen-bond donors (Lipinski definition) is 0. The number of piperidine rings is 1. The second kappa shape index (κ2) is 9.09. The zero-order chi connectivity index (χ0) is 19.2. The fraction of sp³-hybridized carbons (Fsp3) is 0.500. The van der Waals surface area contributed by atoms with Crippen LogP contribution in [-0.2, 0) is 6.42 Å². The van der Waals surface area contributed by atoms with Crippen molar-refractivity contribution in [1.29, 1.82) is 0 Å². The molecule has 2 heterocycles. The number of nitrogens with zero attached hydrogens (tertiary/aromatic N) is 2. The largest absolute Gasteiger partial charge is 0.497 e. The first kappa shape index (κ1) is 19.5. The highest BCUT2D eigenvalue weighted by molar-refractivity contribution is 5.94. The summed E-state index contributed by atoms with van der Waals surface area (Å²) in [4.78, 5) is 17.0. The number of likely N-dealkylation sites (tertiary alicyclic amines) is 1. The molecule has 1 fully saturated rings. The highest BCUT2D eigenvalue weighted by Crippen LogP contribution is 2.20. The first-order valence-corrected chi connectivity index (χ1v) is 9.71. The number of furan rings is 1. The summed E-state index contributed by atoms with van der Waals surface area (Å²) in [7, 11) is 3.59. The van der Waals surface area contributed by atoms with Gasteiger partial charge >= 0.3 is 0 Å². The zero-order valence-electron chi connectivity index (χ0n) is 16.6. The molecule has 0 N–H and O–H groups in total. The van der Waals surface area contributed by atoms with E-state index in [1.54, 1.807) is 19.4 Å². The molecule has 1 aromatic carbocycles. The predicted molar refractivity (Wildman–Crippen MR) is 106 cm³/mol. The van der Waals surface area contributed by atoms with Gasteiger partial charge in [0.15, 0.2) is 0 Å². The Balaban J connectivity index is 1.48. The highest BCUT2D eigenvalue weighted by Gasteiger charge is 2.24. The Labute approximate surface area is 161 Å². The van der Waals surface area contributed by atoms with Crippen LogP contribution in [0.25, 0.3) is 0 Å². The molecule has 5 nitrogen and oxygen atoms in total. The van der Waals surface area contributed by atoms with E-state index in [0.29, 0.717) is 17.2 Å². The average Bonchev–Trinajstić information content (AvgIpc) is 3.12. The van der Waals surface area contributed by atoms with E-state index in [1.807, 2.05) is 31.0 Å². The summed E-state index contributed by atoms with van der Waals surface area (Å²) in [5.41, 5.74) is 2.00. The molecule has 5 heteroatoms. The number of methoxy groups -OCH3 is 1. The number of aryl methyl sites for hydroxylation is 1. The summed E-state index contributed by atoms with van der Waals surface area (Å²) in [6, 6.07) is 10.1. The maximum absolute atomic E-state index is 12.6. The molecule has 2 aromatic rings. The normalized spacial score (nSPS) is 17.7. The third-order valence-electron chi connectivity index (χ3n) is 5.45. The Hall–Kier alpha value is -2.27. The number of ether oxygens (including phenoxy) is 1. The van der Waals surface area contributed by atoms with Crippen LogP contribution in [0, 0.1) is 12.8 Å². The van der Waals surface area contributed by atoms with Gasteiger partial charge in [0.05, 0.1) is 18.9 Å². The standard InChI is InChI=1S/C22H30N2O3/c1-17-21(11-14-27-17)22(25)23(2)15-19-5-4-12-24(16-19)13-10-18-6-8-20(26-3)9-7-18/h6-9,11,14,19H,4-5,10,12-13,15-16H2,1-3H3/t19-/m0/s1. The van der Waals surface area contributed by atoms with Gasteiger partial charge < -0.3 is 19.0 Å². The summed E-state index contributed by atoms with van der Waals surface area (Å²) < 4.78 is 10.5. The molecule has 0 unspecified atom stereocenters. The minimum absolute atomic E-state index is 0.0524. The highest BCUT2D eigenvalue weighted by atomic mass is 16.5. The molecule has 1 atom stereocenters. The van der Waals surface area contributed by atoms with Gasteiger partial charge in [0.2, 0.25) is 0 Å². The third kappa shape index (κ3) is 5.13. The van der Waals surface area contributed by atoms with Gasteiger partial charge in [-0.05, 0) is 62.4 Å². The lowest BCUT2D eigenvalue weighted by Gasteiger charge is -2.34. The minimum atomic E-state index is 0.0524. The molecule has 1 amide bonds. The number of rotatable bonds is 7. The van der Waals surface area contributed by atoms with Gasteiger partial charge in [-0.3, -0.25) is 4.79 Å². The minimum Gasteiger partial charge on any atom is -0.497 e. The Morgan fingerprint density at radius 3 is 2.74 bits per heavy atom. The van der Waals surface area contributed by atoms with Crippen LogP contribution < -0.4 is 4.74 Å². The molecular weight excluding hydrogens is 340 g/mol. The van der Waals surface area contributed by atoms with Gasteiger partial charge in [0.1, 0.15) is 11.5 Å². The van der Waals surface area contributed by atoms with Crippen molar-refractivity contribution in [3.63, 3.8) is 0 Å². The fourth-order valence-corrected chi connectivity index (χ4v) is 3.87. The molecule has 1 aliphatic rings. The molecule has 0 bridgehead atoms. The van der Waals surface area contributed by atoms with Crippen LogP contribution in [0.1, 0.15) is 34.5 Å². The lowest BCUT2D eigenvalue weighted by molar-refractivity contribution is 0.0728. The van der Waals surface area contributed by atoms with Gasteiger partial charge in [-0.25, -0.2) is 0 Å². The number of carbonyl (C=O) groups excluding carboxylic acids is 1. The van der Waals surface area contributed by atoms with E-state index in [4.69, 9.17) is 9.15 Å². The van der Waals surface area contributed by atoms with E-state index < -0.39 is 0 Å². The molecule has 0 radical (unpaired) electrons. The van der Waals surface area contributed by atoms with Crippen molar-refractivity contribution in [2.45, 2.75) is 26.2 Å². The third-order valence-corrected chi connectivity index (χ3v) is 5.45. The lowest BCUT2D eigenvalue weighted by Crippen LogP contribution is -2.42. The SMILES string of the molecule is COc1ccc(CCN2CCC[C@@H](CN(C)C(=O)c3ccoc3C)C2)cc1. The summed E-state index contributed by atoms with van der Waals surface area (Å²) >= 11 is 0. The van der Waals surface area contributed by atoms with Crippen LogP contribution in [0.3, 0.4) is 0 Å². The molecule has 27 heavy (non-hydrogen) atoms. The summed E-state index contributed by atoms with van der Waals surface area (Å²) in [6.45, 7) is 5.88. The van der Waals surface area contributed by atoms with E-state index in [-0.39, 0.29) is 5.91 Å². The quantitative estimate of drug-likeness (QED) is 0.747. The molecule has 0 aliphatic carbocycles. The van der Waals surface area contributed by atoms with Gasteiger partial charge in [-0.1, -0.05) is 12.1 Å².